The third-order valence-electron chi connectivity index (χ3n) is 3.49. The molecule has 0 amide bonds. The van der Waals surface area contributed by atoms with Crippen molar-refractivity contribution in [2.24, 2.45) is 5.92 Å². The average molecular weight is 400 g/mol. The van der Waals surface area contributed by atoms with E-state index in [2.05, 4.69) is 19.2 Å². The molecule has 0 spiro atoms. The summed E-state index contributed by atoms with van der Waals surface area (Å²) in [5.41, 5.74) is 2.24. The number of nitrogens with one attached hydrogen (secondary N) is 1. The van der Waals surface area contributed by atoms with E-state index >= 15 is 0 Å². The lowest BCUT2D eigenvalue weighted by atomic mass is 10.1. The Morgan fingerprint density at radius 3 is 1.72 bits per heavy atom. The van der Waals surface area contributed by atoms with Crippen LogP contribution in [0.1, 0.15) is 66.9 Å². The van der Waals surface area contributed by atoms with Gasteiger partial charge >= 0.3 is 0 Å². The van der Waals surface area contributed by atoms with Crippen molar-refractivity contribution in [1.29, 1.82) is 0 Å². The molecule has 29 heavy (non-hydrogen) atoms. The van der Waals surface area contributed by atoms with Gasteiger partial charge in [-0.15, -0.1) is 0 Å². The van der Waals surface area contributed by atoms with Gasteiger partial charge in [0.15, 0.2) is 5.78 Å². The summed E-state index contributed by atoms with van der Waals surface area (Å²) >= 11 is 0. The van der Waals surface area contributed by atoms with Gasteiger partial charge in [0.05, 0.1) is 6.54 Å². The average Bonchev–Trinajstić information content (AvgIpc) is 2.74. The lowest BCUT2D eigenvalue weighted by Crippen LogP contribution is -2.18. The first-order valence-corrected chi connectivity index (χ1v) is 10.8. The van der Waals surface area contributed by atoms with Crippen molar-refractivity contribution in [3.05, 3.63) is 66.2 Å². The largest absolute Gasteiger partial charge is 0.378 e. The maximum absolute atomic E-state index is 11.3. The number of carbonyl (C=O) groups excluding carboxylic acids is 2. The third kappa shape index (κ3) is 18.7. The summed E-state index contributed by atoms with van der Waals surface area (Å²) in [6, 6.07) is 19.8. The maximum Gasteiger partial charge on any atom is 0.154 e. The Kier molecular flexibility index (Phi) is 20.2. The van der Waals surface area contributed by atoms with Crippen LogP contribution in [0, 0.1) is 5.92 Å². The minimum atomic E-state index is 0.108. The number of anilines is 1. The van der Waals surface area contributed by atoms with Crippen molar-refractivity contribution in [2.75, 3.05) is 11.9 Å². The quantitative estimate of drug-likeness (QED) is 0.546. The Bertz CT molecular complexity index is 622. The summed E-state index contributed by atoms with van der Waals surface area (Å²) in [4.78, 5) is 21.9. The predicted octanol–water partition coefficient (Wildman–Crippen LogP) is 6.97. The normalized spacial score (nSPS) is 8.97. The number of Topliss-reactive ketones (excluding diaryl/α,β-unsaturated/α-hetero) is 2. The maximum atomic E-state index is 11.3. The summed E-state index contributed by atoms with van der Waals surface area (Å²) < 4.78 is 0. The second-order valence-electron chi connectivity index (χ2n) is 6.74. The molecule has 3 heteroatoms. The molecule has 0 saturated carbocycles. The zero-order valence-electron chi connectivity index (χ0n) is 19.5. The van der Waals surface area contributed by atoms with Crippen molar-refractivity contribution in [3.8, 4) is 0 Å². The van der Waals surface area contributed by atoms with E-state index in [9.17, 15) is 9.59 Å². The number of rotatable bonds is 7. The van der Waals surface area contributed by atoms with E-state index in [4.69, 9.17) is 0 Å². The lowest BCUT2D eigenvalue weighted by molar-refractivity contribution is -0.120. The fraction of sp³-hybridized carbons (Fsp3) is 0.462. The summed E-state index contributed by atoms with van der Waals surface area (Å²) in [7, 11) is 0. The Morgan fingerprint density at radius 1 is 0.862 bits per heavy atom. The minimum absolute atomic E-state index is 0.108. The van der Waals surface area contributed by atoms with Crippen LogP contribution in [0.4, 0.5) is 5.69 Å². The number of carbonyl (C=O) groups is 2. The third-order valence-corrected chi connectivity index (χ3v) is 3.49. The summed E-state index contributed by atoms with van der Waals surface area (Å²) in [6.45, 7) is 14.1. The highest BCUT2D eigenvalue weighted by Crippen LogP contribution is 2.05. The molecule has 0 unspecified atom stereocenters. The SMILES string of the molecule is CC.CC(=O)CCc1ccccc1.CC(C)C(=O)CNc1ccccc1.CCC. The monoisotopic (exact) mass is 399 g/mol. The van der Waals surface area contributed by atoms with Gasteiger partial charge in [0, 0.05) is 18.0 Å². The molecule has 0 atom stereocenters. The highest BCUT2D eigenvalue weighted by Gasteiger charge is 2.05. The van der Waals surface area contributed by atoms with E-state index in [1.807, 2.05) is 88.4 Å². The summed E-state index contributed by atoms with van der Waals surface area (Å²) in [5, 5.41) is 3.08. The Balaban J connectivity index is 0. The van der Waals surface area contributed by atoms with Crippen molar-refractivity contribution < 1.29 is 9.59 Å². The van der Waals surface area contributed by atoms with Crippen LogP contribution >= 0.6 is 0 Å². The second kappa shape index (κ2) is 20.3. The van der Waals surface area contributed by atoms with Crippen molar-refractivity contribution in [2.45, 2.75) is 67.7 Å². The number of para-hydroxylation sites is 1. The van der Waals surface area contributed by atoms with E-state index < -0.39 is 0 Å². The minimum Gasteiger partial charge on any atom is -0.378 e. The number of hydrogen-bond donors (Lipinski definition) is 1. The molecule has 0 heterocycles. The summed E-state index contributed by atoms with van der Waals surface area (Å²) in [5.74, 6) is 0.605. The molecule has 2 aromatic rings. The molecule has 0 bridgehead atoms. The van der Waals surface area contributed by atoms with Gasteiger partial charge in [0.1, 0.15) is 5.78 Å². The van der Waals surface area contributed by atoms with Gasteiger partial charge in [-0.05, 0) is 31.0 Å². The van der Waals surface area contributed by atoms with Crippen molar-refractivity contribution in [3.63, 3.8) is 0 Å². The number of ketones is 2. The molecule has 0 aliphatic heterocycles. The van der Waals surface area contributed by atoms with Gasteiger partial charge in [-0.3, -0.25) is 4.79 Å². The van der Waals surface area contributed by atoms with Crippen LogP contribution in [0.5, 0.6) is 0 Å². The highest BCUT2D eigenvalue weighted by atomic mass is 16.1. The van der Waals surface area contributed by atoms with Gasteiger partial charge in [0.2, 0.25) is 0 Å². The van der Waals surface area contributed by atoms with Gasteiger partial charge in [0.25, 0.3) is 0 Å². The van der Waals surface area contributed by atoms with Gasteiger partial charge in [-0.2, -0.15) is 0 Å². The number of benzene rings is 2. The second-order valence-corrected chi connectivity index (χ2v) is 6.74. The van der Waals surface area contributed by atoms with Crippen LogP contribution < -0.4 is 5.32 Å². The molecule has 0 aromatic heterocycles. The van der Waals surface area contributed by atoms with Crippen molar-refractivity contribution in [1.82, 2.24) is 0 Å². The smallest absolute Gasteiger partial charge is 0.154 e. The molecule has 0 saturated heterocycles. The zero-order valence-corrected chi connectivity index (χ0v) is 19.5. The molecular formula is C26H41NO2. The van der Waals surface area contributed by atoms with Gasteiger partial charge in [-0.25, -0.2) is 0 Å². The standard InChI is InChI=1S/C11H15NO.C10H12O.C3H8.C2H6/c1-9(2)11(13)8-12-10-6-4-3-5-7-10;1-9(11)7-8-10-5-3-2-4-6-10;1-3-2;1-2/h3-7,9,12H,8H2,1-2H3;2-6H,7-8H2,1H3;3H2,1-2H3;1-2H3. The number of aryl methyl sites for hydroxylation is 1. The van der Waals surface area contributed by atoms with E-state index in [0.29, 0.717) is 13.0 Å². The molecule has 0 aliphatic carbocycles. The summed E-state index contributed by atoms with van der Waals surface area (Å²) in [6.07, 6.45) is 2.78. The van der Waals surface area contributed by atoms with E-state index in [1.54, 1.807) is 6.92 Å². The Hall–Kier alpha value is -2.42. The molecule has 2 rings (SSSR count). The van der Waals surface area contributed by atoms with E-state index in [-0.39, 0.29) is 17.5 Å². The first-order chi connectivity index (χ1) is 13.9. The van der Waals surface area contributed by atoms with Crippen LogP contribution in [0.2, 0.25) is 0 Å². The predicted molar refractivity (Wildman–Crippen MR) is 128 cm³/mol. The Labute approximate surface area is 178 Å². The first-order valence-electron chi connectivity index (χ1n) is 10.8. The van der Waals surface area contributed by atoms with Crippen LogP contribution in [0.3, 0.4) is 0 Å². The molecule has 162 valence electrons. The molecular weight excluding hydrogens is 358 g/mol. The van der Waals surface area contributed by atoms with Crippen molar-refractivity contribution >= 4 is 17.3 Å². The lowest BCUT2D eigenvalue weighted by Gasteiger charge is -2.06. The van der Waals surface area contributed by atoms with Crippen LogP contribution in [-0.4, -0.2) is 18.1 Å². The molecule has 2 aromatic carbocycles. The van der Waals surface area contributed by atoms with Crippen LogP contribution in [0.25, 0.3) is 0 Å². The number of hydrogen-bond acceptors (Lipinski definition) is 3. The highest BCUT2D eigenvalue weighted by molar-refractivity contribution is 5.84. The van der Waals surface area contributed by atoms with Crippen LogP contribution in [0.15, 0.2) is 60.7 Å². The topological polar surface area (TPSA) is 46.2 Å². The molecule has 0 fully saturated rings. The molecule has 0 radical (unpaired) electrons. The van der Waals surface area contributed by atoms with Gasteiger partial charge < -0.3 is 10.1 Å². The van der Waals surface area contributed by atoms with Gasteiger partial charge in [-0.1, -0.05) is 96.5 Å². The molecule has 1 N–H and O–H groups in total. The van der Waals surface area contributed by atoms with E-state index in [0.717, 1.165) is 12.1 Å². The molecule has 3 nitrogen and oxygen atoms in total. The van der Waals surface area contributed by atoms with Crippen LogP contribution in [-0.2, 0) is 16.0 Å². The van der Waals surface area contributed by atoms with E-state index in [1.165, 1.54) is 12.0 Å². The zero-order chi connectivity index (χ0) is 22.5. The fourth-order valence-corrected chi connectivity index (χ4v) is 1.91. The Morgan fingerprint density at radius 2 is 1.31 bits per heavy atom. The first kappa shape index (κ1) is 28.8. The molecule has 0 aliphatic rings. The fourth-order valence-electron chi connectivity index (χ4n) is 1.91.